The number of rotatable bonds is 7. The van der Waals surface area contributed by atoms with Crippen LogP contribution >= 0.6 is 0 Å². The zero-order valence-electron chi connectivity index (χ0n) is 15.0. The molecular formula is C18H22N2O8. The molecular weight excluding hydrogens is 372 g/mol. The van der Waals surface area contributed by atoms with E-state index in [4.69, 9.17) is 9.84 Å². The fourth-order valence-electron chi connectivity index (χ4n) is 2.82. The minimum atomic E-state index is -1.74. The third kappa shape index (κ3) is 5.06. The van der Waals surface area contributed by atoms with E-state index in [0.717, 1.165) is 6.08 Å². The lowest BCUT2D eigenvalue weighted by Crippen LogP contribution is -2.63. The fourth-order valence-corrected chi connectivity index (χ4v) is 2.82. The van der Waals surface area contributed by atoms with Crippen LogP contribution in [0.25, 0.3) is 0 Å². The topological polar surface area (TPSA) is 165 Å². The first-order valence-corrected chi connectivity index (χ1v) is 8.46. The van der Waals surface area contributed by atoms with E-state index in [1.807, 2.05) is 0 Å². The molecule has 10 heteroatoms. The van der Waals surface area contributed by atoms with Gasteiger partial charge in [-0.3, -0.25) is 9.59 Å². The summed E-state index contributed by atoms with van der Waals surface area (Å²) in [5.41, 5.74) is 0.299. The molecule has 0 bridgehead atoms. The van der Waals surface area contributed by atoms with Crippen molar-refractivity contribution in [3.63, 3.8) is 0 Å². The molecule has 1 aromatic carbocycles. The summed E-state index contributed by atoms with van der Waals surface area (Å²) in [5, 5.41) is 43.5. The predicted molar refractivity (Wildman–Crippen MR) is 95.0 cm³/mol. The van der Waals surface area contributed by atoms with E-state index in [-0.39, 0.29) is 0 Å². The van der Waals surface area contributed by atoms with Crippen molar-refractivity contribution in [3.8, 4) is 0 Å². The van der Waals surface area contributed by atoms with Gasteiger partial charge < -0.3 is 35.8 Å². The highest BCUT2D eigenvalue weighted by Crippen LogP contribution is 2.23. The molecule has 28 heavy (non-hydrogen) atoms. The highest BCUT2D eigenvalue weighted by atomic mass is 16.5. The summed E-state index contributed by atoms with van der Waals surface area (Å²) < 4.78 is 5.24. The van der Waals surface area contributed by atoms with Gasteiger partial charge >= 0.3 is 5.97 Å². The van der Waals surface area contributed by atoms with E-state index in [0.29, 0.717) is 5.56 Å². The van der Waals surface area contributed by atoms with Crippen LogP contribution in [0.3, 0.4) is 0 Å². The quantitative estimate of drug-likeness (QED) is 0.321. The standard InChI is InChI=1S/C18H22N2O8/c1-9(22)19-14-11(20-17(25)10-5-3-2-4-6-10)7-13(18(26)27)28-16(14)15(24)12(23)8-21/h2-7,11-12,14-16,21,23-24H,8H2,1H3,(H,19,22)(H,20,25)(H,26,27)/t11-,12?,14+,15+,16+/m0/s1. The number of carbonyl (C=O) groups excluding carboxylic acids is 2. The number of aliphatic carboxylic acids is 1. The highest BCUT2D eigenvalue weighted by molar-refractivity contribution is 5.94. The molecule has 10 nitrogen and oxygen atoms in total. The second-order valence-corrected chi connectivity index (χ2v) is 6.25. The Balaban J connectivity index is 2.38. The van der Waals surface area contributed by atoms with Crippen LogP contribution in [0.5, 0.6) is 0 Å². The Morgan fingerprint density at radius 3 is 2.32 bits per heavy atom. The molecule has 1 unspecified atom stereocenters. The zero-order chi connectivity index (χ0) is 20.8. The fraction of sp³-hybridized carbons (Fsp3) is 0.389. The minimum absolute atomic E-state index is 0.299. The van der Waals surface area contributed by atoms with E-state index in [1.54, 1.807) is 30.3 Å². The number of carbonyl (C=O) groups is 3. The Bertz CT molecular complexity index is 751. The molecule has 0 aromatic heterocycles. The Kier molecular flexibility index (Phi) is 7.10. The Labute approximate surface area is 160 Å². The van der Waals surface area contributed by atoms with Gasteiger partial charge in [-0.15, -0.1) is 0 Å². The van der Waals surface area contributed by atoms with Gasteiger partial charge in [-0.1, -0.05) is 18.2 Å². The molecule has 0 radical (unpaired) electrons. The van der Waals surface area contributed by atoms with Crippen LogP contribution < -0.4 is 10.6 Å². The van der Waals surface area contributed by atoms with Gasteiger partial charge in [0, 0.05) is 12.5 Å². The Morgan fingerprint density at radius 2 is 1.79 bits per heavy atom. The van der Waals surface area contributed by atoms with Crippen LogP contribution in [0.2, 0.25) is 0 Å². The van der Waals surface area contributed by atoms with Crippen LogP contribution in [0.15, 0.2) is 42.2 Å². The molecule has 0 saturated heterocycles. The maximum absolute atomic E-state index is 12.5. The lowest BCUT2D eigenvalue weighted by Gasteiger charge is -2.40. The van der Waals surface area contributed by atoms with Gasteiger partial charge in [0.2, 0.25) is 11.7 Å². The minimum Gasteiger partial charge on any atom is -0.478 e. The van der Waals surface area contributed by atoms with Crippen LogP contribution in [0.1, 0.15) is 17.3 Å². The molecule has 0 fully saturated rings. The van der Waals surface area contributed by atoms with Crippen molar-refractivity contribution in [2.45, 2.75) is 37.3 Å². The van der Waals surface area contributed by atoms with Crippen LogP contribution in [-0.2, 0) is 14.3 Å². The first kappa shape index (κ1) is 21.4. The smallest absolute Gasteiger partial charge is 0.370 e. The van der Waals surface area contributed by atoms with E-state index in [9.17, 15) is 29.7 Å². The summed E-state index contributed by atoms with van der Waals surface area (Å²) in [5.74, 6) is -3.11. The number of benzene rings is 1. The summed E-state index contributed by atoms with van der Waals surface area (Å²) in [7, 11) is 0. The number of ether oxygens (including phenoxy) is 1. The second kappa shape index (κ2) is 9.31. The molecule has 2 amide bonds. The Hall–Kier alpha value is -2.95. The van der Waals surface area contributed by atoms with Gasteiger partial charge in [0.25, 0.3) is 5.91 Å². The number of aliphatic hydroxyl groups excluding tert-OH is 3. The summed E-state index contributed by atoms with van der Waals surface area (Å²) in [6.07, 6.45) is -3.73. The number of nitrogens with one attached hydrogen (secondary N) is 2. The molecule has 0 saturated carbocycles. The maximum atomic E-state index is 12.5. The molecule has 0 aliphatic carbocycles. The van der Waals surface area contributed by atoms with Gasteiger partial charge in [0.05, 0.1) is 18.7 Å². The van der Waals surface area contributed by atoms with Crippen molar-refractivity contribution in [2.75, 3.05) is 6.61 Å². The molecule has 1 aliphatic rings. The predicted octanol–water partition coefficient (Wildman–Crippen LogP) is -1.63. The number of carboxylic acid groups (broad SMARTS) is 1. The highest BCUT2D eigenvalue weighted by Gasteiger charge is 2.44. The molecule has 1 aliphatic heterocycles. The summed E-state index contributed by atoms with van der Waals surface area (Å²) >= 11 is 0. The average molecular weight is 394 g/mol. The molecule has 0 spiro atoms. The third-order valence-corrected chi connectivity index (χ3v) is 4.17. The summed E-state index contributed by atoms with van der Waals surface area (Å²) in [6, 6.07) is 5.93. The van der Waals surface area contributed by atoms with Gasteiger partial charge in [0.1, 0.15) is 18.3 Å². The number of carboxylic acids is 1. The number of hydrogen-bond donors (Lipinski definition) is 6. The Morgan fingerprint density at radius 1 is 1.14 bits per heavy atom. The number of aliphatic hydroxyl groups is 3. The van der Waals surface area contributed by atoms with Crippen molar-refractivity contribution >= 4 is 17.8 Å². The van der Waals surface area contributed by atoms with E-state index < -0.39 is 60.5 Å². The maximum Gasteiger partial charge on any atom is 0.370 e. The van der Waals surface area contributed by atoms with E-state index in [1.165, 1.54) is 6.92 Å². The van der Waals surface area contributed by atoms with E-state index >= 15 is 0 Å². The van der Waals surface area contributed by atoms with Gasteiger partial charge in [0.15, 0.2) is 0 Å². The second-order valence-electron chi connectivity index (χ2n) is 6.25. The molecule has 5 atom stereocenters. The zero-order valence-corrected chi connectivity index (χ0v) is 15.0. The van der Waals surface area contributed by atoms with Crippen molar-refractivity contribution in [2.24, 2.45) is 0 Å². The monoisotopic (exact) mass is 394 g/mol. The summed E-state index contributed by atoms with van der Waals surface area (Å²) in [6.45, 7) is 0.374. The van der Waals surface area contributed by atoms with E-state index in [2.05, 4.69) is 10.6 Å². The molecule has 152 valence electrons. The van der Waals surface area contributed by atoms with Crippen molar-refractivity contribution in [1.82, 2.24) is 10.6 Å². The first-order chi connectivity index (χ1) is 13.2. The van der Waals surface area contributed by atoms with Crippen molar-refractivity contribution in [3.05, 3.63) is 47.7 Å². The largest absolute Gasteiger partial charge is 0.478 e. The van der Waals surface area contributed by atoms with Crippen LogP contribution in [0, 0.1) is 0 Å². The van der Waals surface area contributed by atoms with Gasteiger partial charge in [-0.05, 0) is 18.2 Å². The van der Waals surface area contributed by atoms with Gasteiger partial charge in [-0.2, -0.15) is 0 Å². The first-order valence-electron chi connectivity index (χ1n) is 8.46. The molecule has 2 rings (SSSR count). The number of hydrogen-bond acceptors (Lipinski definition) is 7. The SMILES string of the molecule is CC(=O)N[C@H]1[C@H]([C@H](O)C(O)CO)OC(C(=O)O)=C[C@@H]1NC(=O)c1ccccc1. The van der Waals surface area contributed by atoms with Gasteiger partial charge in [-0.25, -0.2) is 4.79 Å². The van der Waals surface area contributed by atoms with Crippen LogP contribution in [-0.4, -0.2) is 75.2 Å². The normalized spacial score (nSPS) is 23.6. The van der Waals surface area contributed by atoms with Crippen molar-refractivity contribution in [1.29, 1.82) is 0 Å². The average Bonchev–Trinajstić information content (AvgIpc) is 2.67. The molecule has 1 aromatic rings. The molecule has 6 N–H and O–H groups in total. The lowest BCUT2D eigenvalue weighted by atomic mass is 9.91. The lowest BCUT2D eigenvalue weighted by molar-refractivity contribution is -0.146. The third-order valence-electron chi connectivity index (χ3n) is 4.17. The van der Waals surface area contributed by atoms with Crippen molar-refractivity contribution < 1.29 is 39.5 Å². The van der Waals surface area contributed by atoms with Crippen LogP contribution in [0.4, 0.5) is 0 Å². The number of amides is 2. The molecule has 1 heterocycles. The summed E-state index contributed by atoms with van der Waals surface area (Å²) in [4.78, 5) is 35.5.